The van der Waals surface area contributed by atoms with Crippen LogP contribution in [0.3, 0.4) is 0 Å². The number of amides is 1. The van der Waals surface area contributed by atoms with Crippen molar-refractivity contribution in [3.8, 4) is 0 Å². The van der Waals surface area contributed by atoms with E-state index in [2.05, 4.69) is 25.7 Å². The van der Waals surface area contributed by atoms with Crippen molar-refractivity contribution in [3.63, 3.8) is 0 Å². The first-order valence-corrected chi connectivity index (χ1v) is 8.67. The van der Waals surface area contributed by atoms with E-state index in [4.69, 9.17) is 4.42 Å². The SMILES string of the molecule is CCNC(=NCCCNC(=O)c1occc1C)N(C)Cc1ncnn1C.I. The predicted molar refractivity (Wildman–Crippen MR) is 114 cm³/mol. The maximum Gasteiger partial charge on any atom is 0.287 e. The summed E-state index contributed by atoms with van der Waals surface area (Å²) in [5, 5.41) is 10.2. The highest BCUT2D eigenvalue weighted by atomic mass is 127. The van der Waals surface area contributed by atoms with Crippen molar-refractivity contribution in [2.45, 2.75) is 26.8 Å². The average molecular weight is 489 g/mol. The maximum atomic E-state index is 12.0. The van der Waals surface area contributed by atoms with Gasteiger partial charge in [0.15, 0.2) is 11.7 Å². The minimum Gasteiger partial charge on any atom is -0.459 e. The lowest BCUT2D eigenvalue weighted by atomic mass is 10.2. The number of aliphatic imine (C=N–C) groups is 1. The van der Waals surface area contributed by atoms with Crippen LogP contribution in [0, 0.1) is 6.92 Å². The lowest BCUT2D eigenvalue weighted by Crippen LogP contribution is -2.39. The van der Waals surface area contributed by atoms with Crippen LogP contribution in [0.15, 0.2) is 28.1 Å². The van der Waals surface area contributed by atoms with Gasteiger partial charge in [0.25, 0.3) is 5.91 Å². The van der Waals surface area contributed by atoms with Crippen LogP contribution in [0.2, 0.25) is 0 Å². The summed E-state index contributed by atoms with van der Waals surface area (Å²) in [5.41, 5.74) is 0.834. The topological polar surface area (TPSA) is 101 Å². The van der Waals surface area contributed by atoms with Gasteiger partial charge in [0, 0.05) is 39.3 Å². The van der Waals surface area contributed by atoms with E-state index in [-0.39, 0.29) is 29.9 Å². The number of hydrogen-bond donors (Lipinski definition) is 2. The van der Waals surface area contributed by atoms with Crippen LogP contribution in [0.5, 0.6) is 0 Å². The lowest BCUT2D eigenvalue weighted by Gasteiger charge is -2.21. The molecular formula is C17H28IN7O2. The Balaban J connectivity index is 0.00000364. The van der Waals surface area contributed by atoms with E-state index < -0.39 is 0 Å². The summed E-state index contributed by atoms with van der Waals surface area (Å²) in [6.45, 7) is 6.39. The van der Waals surface area contributed by atoms with E-state index in [0.29, 0.717) is 25.4 Å². The Bertz CT molecular complexity index is 741. The standard InChI is InChI=1S/C17H27N7O2.HI/c1-5-18-17(23(3)11-14-21-12-22-24(14)4)20-9-6-8-19-16(25)15-13(2)7-10-26-15;/h7,10,12H,5-6,8-9,11H2,1-4H3,(H,18,20)(H,19,25);1H. The van der Waals surface area contributed by atoms with Gasteiger partial charge >= 0.3 is 0 Å². The van der Waals surface area contributed by atoms with E-state index in [0.717, 1.165) is 30.3 Å². The molecule has 0 saturated heterocycles. The molecule has 1 amide bonds. The van der Waals surface area contributed by atoms with Crippen LogP contribution in [-0.2, 0) is 13.6 Å². The van der Waals surface area contributed by atoms with Crippen LogP contribution < -0.4 is 10.6 Å². The van der Waals surface area contributed by atoms with E-state index >= 15 is 0 Å². The molecule has 0 aliphatic rings. The highest BCUT2D eigenvalue weighted by Crippen LogP contribution is 2.07. The molecule has 0 saturated carbocycles. The molecule has 27 heavy (non-hydrogen) atoms. The molecule has 0 spiro atoms. The summed E-state index contributed by atoms with van der Waals surface area (Å²) >= 11 is 0. The first-order chi connectivity index (χ1) is 12.5. The summed E-state index contributed by atoms with van der Waals surface area (Å²) in [6.07, 6.45) is 3.79. The average Bonchev–Trinajstić information content (AvgIpc) is 3.22. The summed E-state index contributed by atoms with van der Waals surface area (Å²) < 4.78 is 6.92. The van der Waals surface area contributed by atoms with Gasteiger partial charge in [-0.2, -0.15) is 5.10 Å². The molecule has 0 fully saturated rings. The normalized spacial score (nSPS) is 11.0. The number of hydrogen-bond acceptors (Lipinski definition) is 5. The lowest BCUT2D eigenvalue weighted by molar-refractivity contribution is 0.0925. The summed E-state index contributed by atoms with van der Waals surface area (Å²) in [4.78, 5) is 22.8. The van der Waals surface area contributed by atoms with E-state index in [9.17, 15) is 4.79 Å². The Morgan fingerprint density at radius 3 is 2.78 bits per heavy atom. The molecule has 0 radical (unpaired) electrons. The number of halogens is 1. The van der Waals surface area contributed by atoms with Gasteiger partial charge in [-0.3, -0.25) is 14.5 Å². The Hall–Kier alpha value is -2.11. The van der Waals surface area contributed by atoms with Crippen LogP contribution in [-0.4, -0.2) is 58.2 Å². The van der Waals surface area contributed by atoms with Gasteiger partial charge < -0.3 is 20.0 Å². The summed E-state index contributed by atoms with van der Waals surface area (Å²) in [5.74, 6) is 1.83. The number of guanidine groups is 1. The number of rotatable bonds is 8. The molecule has 0 aliphatic heterocycles. The van der Waals surface area contributed by atoms with E-state index in [1.807, 2.05) is 32.8 Å². The number of nitrogens with zero attached hydrogens (tertiary/aromatic N) is 5. The zero-order valence-electron chi connectivity index (χ0n) is 16.2. The molecule has 0 bridgehead atoms. The molecule has 2 rings (SSSR count). The number of aromatic nitrogens is 3. The monoisotopic (exact) mass is 489 g/mol. The molecule has 2 heterocycles. The summed E-state index contributed by atoms with van der Waals surface area (Å²) in [7, 11) is 3.82. The highest BCUT2D eigenvalue weighted by Gasteiger charge is 2.12. The molecule has 150 valence electrons. The quantitative estimate of drug-likeness (QED) is 0.253. The van der Waals surface area contributed by atoms with Crippen LogP contribution in [0.25, 0.3) is 0 Å². The Kier molecular flexibility index (Phi) is 9.83. The third-order valence-electron chi connectivity index (χ3n) is 3.83. The maximum absolute atomic E-state index is 12.0. The smallest absolute Gasteiger partial charge is 0.287 e. The zero-order chi connectivity index (χ0) is 18.9. The van der Waals surface area contributed by atoms with Crippen molar-refractivity contribution >= 4 is 35.8 Å². The van der Waals surface area contributed by atoms with Gasteiger partial charge in [0.05, 0.1) is 12.8 Å². The van der Waals surface area contributed by atoms with Crippen molar-refractivity contribution in [2.75, 3.05) is 26.7 Å². The van der Waals surface area contributed by atoms with Gasteiger partial charge in [-0.25, -0.2) is 4.98 Å². The van der Waals surface area contributed by atoms with Crippen molar-refractivity contribution in [1.29, 1.82) is 0 Å². The molecule has 0 aromatic carbocycles. The minimum atomic E-state index is -0.192. The fourth-order valence-corrected chi connectivity index (χ4v) is 2.37. The fraction of sp³-hybridized carbons (Fsp3) is 0.529. The number of carbonyl (C=O) groups excluding carboxylic acids is 1. The first kappa shape index (κ1) is 22.9. The fourth-order valence-electron chi connectivity index (χ4n) is 2.37. The molecule has 9 nitrogen and oxygen atoms in total. The van der Waals surface area contributed by atoms with E-state index in [1.165, 1.54) is 12.6 Å². The number of furan rings is 1. The molecule has 0 unspecified atom stereocenters. The Morgan fingerprint density at radius 2 is 2.19 bits per heavy atom. The number of aryl methyl sites for hydroxylation is 2. The third kappa shape index (κ3) is 6.85. The van der Waals surface area contributed by atoms with Crippen LogP contribution >= 0.6 is 24.0 Å². The predicted octanol–water partition coefficient (Wildman–Crippen LogP) is 1.55. The van der Waals surface area contributed by atoms with Gasteiger partial charge in [-0.1, -0.05) is 0 Å². The van der Waals surface area contributed by atoms with Crippen molar-refractivity contribution in [3.05, 3.63) is 35.8 Å². The van der Waals surface area contributed by atoms with Crippen LogP contribution in [0.1, 0.15) is 35.3 Å². The minimum absolute atomic E-state index is 0. The largest absolute Gasteiger partial charge is 0.459 e. The first-order valence-electron chi connectivity index (χ1n) is 8.67. The molecule has 0 aliphatic carbocycles. The highest BCUT2D eigenvalue weighted by molar-refractivity contribution is 14.0. The Labute approximate surface area is 176 Å². The molecule has 10 heteroatoms. The molecule has 2 aromatic rings. The molecule has 2 N–H and O–H groups in total. The second-order valence-corrected chi connectivity index (χ2v) is 5.93. The zero-order valence-corrected chi connectivity index (χ0v) is 18.6. The van der Waals surface area contributed by atoms with Crippen LogP contribution in [0.4, 0.5) is 0 Å². The number of nitrogens with one attached hydrogen (secondary N) is 2. The molecule has 2 aromatic heterocycles. The number of carbonyl (C=O) groups is 1. The van der Waals surface area contributed by atoms with Crippen molar-refractivity contribution in [2.24, 2.45) is 12.0 Å². The molecular weight excluding hydrogens is 461 g/mol. The summed E-state index contributed by atoms with van der Waals surface area (Å²) in [6, 6.07) is 1.77. The third-order valence-corrected chi connectivity index (χ3v) is 3.83. The molecule has 0 atom stereocenters. The second kappa shape index (κ2) is 11.6. The van der Waals surface area contributed by atoms with Gasteiger partial charge in [-0.15, -0.1) is 24.0 Å². The van der Waals surface area contributed by atoms with Gasteiger partial charge in [0.2, 0.25) is 0 Å². The second-order valence-electron chi connectivity index (χ2n) is 5.93. The Morgan fingerprint density at radius 1 is 1.41 bits per heavy atom. The van der Waals surface area contributed by atoms with Crippen molar-refractivity contribution in [1.82, 2.24) is 30.3 Å². The van der Waals surface area contributed by atoms with Gasteiger partial charge in [0.1, 0.15) is 12.2 Å². The van der Waals surface area contributed by atoms with Crippen molar-refractivity contribution < 1.29 is 9.21 Å². The van der Waals surface area contributed by atoms with E-state index in [1.54, 1.807) is 10.7 Å². The van der Waals surface area contributed by atoms with Gasteiger partial charge in [-0.05, 0) is 26.3 Å².